The SMILES string of the molecule is CC(C)(C)c1cc2c(NC3CC=CCC3)nccn2n1. The molecule has 0 bridgehead atoms. The number of rotatable bonds is 2. The predicted octanol–water partition coefficient (Wildman–Crippen LogP) is 3.55. The quantitative estimate of drug-likeness (QED) is 0.849. The van der Waals surface area contributed by atoms with Crippen molar-refractivity contribution in [1.29, 1.82) is 0 Å². The average molecular weight is 270 g/mol. The second-order valence-electron chi connectivity index (χ2n) is 6.51. The third-order valence-electron chi connectivity index (χ3n) is 3.77. The van der Waals surface area contributed by atoms with Gasteiger partial charge in [0.15, 0.2) is 5.82 Å². The average Bonchev–Trinajstić information content (AvgIpc) is 2.85. The van der Waals surface area contributed by atoms with Gasteiger partial charge in [0, 0.05) is 23.9 Å². The molecule has 0 aliphatic heterocycles. The molecule has 20 heavy (non-hydrogen) atoms. The van der Waals surface area contributed by atoms with Crippen LogP contribution in [-0.4, -0.2) is 20.6 Å². The van der Waals surface area contributed by atoms with Crippen LogP contribution in [0.3, 0.4) is 0 Å². The standard InChI is InChI=1S/C16H22N4/c1-16(2,3)14-11-13-15(17-9-10-20(13)19-14)18-12-7-5-4-6-8-12/h4-5,9-12H,6-8H2,1-3H3,(H,17,18). The van der Waals surface area contributed by atoms with Gasteiger partial charge in [-0.15, -0.1) is 0 Å². The van der Waals surface area contributed by atoms with Gasteiger partial charge in [-0.1, -0.05) is 32.9 Å². The highest BCUT2D eigenvalue weighted by Crippen LogP contribution is 2.25. The molecule has 1 N–H and O–H groups in total. The van der Waals surface area contributed by atoms with Crippen molar-refractivity contribution < 1.29 is 0 Å². The van der Waals surface area contributed by atoms with E-state index >= 15 is 0 Å². The Hall–Kier alpha value is -1.84. The van der Waals surface area contributed by atoms with Gasteiger partial charge >= 0.3 is 0 Å². The molecule has 0 radical (unpaired) electrons. The van der Waals surface area contributed by atoms with Crippen LogP contribution in [0.15, 0.2) is 30.6 Å². The van der Waals surface area contributed by atoms with Gasteiger partial charge in [-0.25, -0.2) is 9.50 Å². The summed E-state index contributed by atoms with van der Waals surface area (Å²) in [5, 5.41) is 8.23. The van der Waals surface area contributed by atoms with E-state index in [2.05, 4.69) is 54.4 Å². The fourth-order valence-corrected chi connectivity index (χ4v) is 2.52. The summed E-state index contributed by atoms with van der Waals surface area (Å²) < 4.78 is 1.93. The molecule has 0 amide bonds. The largest absolute Gasteiger partial charge is 0.365 e. The molecule has 0 saturated carbocycles. The van der Waals surface area contributed by atoms with Crippen molar-refractivity contribution >= 4 is 11.3 Å². The molecular weight excluding hydrogens is 248 g/mol. The molecule has 2 heterocycles. The summed E-state index contributed by atoms with van der Waals surface area (Å²) >= 11 is 0. The van der Waals surface area contributed by atoms with E-state index in [1.165, 1.54) is 6.42 Å². The lowest BCUT2D eigenvalue weighted by Gasteiger charge is -2.20. The van der Waals surface area contributed by atoms with Gasteiger partial charge < -0.3 is 5.32 Å². The summed E-state index contributed by atoms with van der Waals surface area (Å²) in [6.07, 6.45) is 11.6. The van der Waals surface area contributed by atoms with Gasteiger partial charge in [-0.2, -0.15) is 5.10 Å². The van der Waals surface area contributed by atoms with Gasteiger partial charge in [0.25, 0.3) is 0 Å². The van der Waals surface area contributed by atoms with Gasteiger partial charge in [-0.3, -0.25) is 0 Å². The zero-order chi connectivity index (χ0) is 14.2. The third kappa shape index (κ3) is 2.55. The minimum absolute atomic E-state index is 0.0524. The highest BCUT2D eigenvalue weighted by Gasteiger charge is 2.20. The predicted molar refractivity (Wildman–Crippen MR) is 82.1 cm³/mol. The topological polar surface area (TPSA) is 42.2 Å². The van der Waals surface area contributed by atoms with E-state index in [4.69, 9.17) is 0 Å². The smallest absolute Gasteiger partial charge is 0.152 e. The Kier molecular flexibility index (Phi) is 3.24. The first-order chi connectivity index (χ1) is 9.54. The summed E-state index contributed by atoms with van der Waals surface area (Å²) in [4.78, 5) is 4.50. The van der Waals surface area contributed by atoms with E-state index in [9.17, 15) is 0 Å². The molecular formula is C16H22N4. The Balaban J connectivity index is 1.94. The van der Waals surface area contributed by atoms with E-state index in [-0.39, 0.29) is 5.41 Å². The van der Waals surface area contributed by atoms with Crippen LogP contribution < -0.4 is 5.32 Å². The van der Waals surface area contributed by atoms with Crippen LogP contribution in [0.5, 0.6) is 0 Å². The monoisotopic (exact) mass is 270 g/mol. The zero-order valence-corrected chi connectivity index (χ0v) is 12.4. The lowest BCUT2D eigenvalue weighted by Crippen LogP contribution is -2.21. The van der Waals surface area contributed by atoms with Crippen molar-refractivity contribution in [2.45, 2.75) is 51.5 Å². The Morgan fingerprint density at radius 1 is 1.30 bits per heavy atom. The van der Waals surface area contributed by atoms with Crippen molar-refractivity contribution in [2.75, 3.05) is 5.32 Å². The molecule has 1 aliphatic carbocycles. The fraction of sp³-hybridized carbons (Fsp3) is 0.500. The molecule has 4 nitrogen and oxygen atoms in total. The molecule has 0 saturated heterocycles. The number of anilines is 1. The molecule has 1 aliphatic rings. The molecule has 106 valence electrons. The molecule has 2 aromatic heterocycles. The number of aromatic nitrogens is 3. The number of allylic oxidation sites excluding steroid dienone is 1. The lowest BCUT2D eigenvalue weighted by atomic mass is 9.92. The van der Waals surface area contributed by atoms with Crippen molar-refractivity contribution in [1.82, 2.24) is 14.6 Å². The summed E-state index contributed by atoms with van der Waals surface area (Å²) in [6, 6.07) is 2.63. The molecule has 0 fully saturated rings. The van der Waals surface area contributed by atoms with Crippen LogP contribution in [0.1, 0.15) is 45.7 Å². The normalized spacial score (nSPS) is 19.4. The second-order valence-corrected chi connectivity index (χ2v) is 6.51. The first kappa shape index (κ1) is 13.2. The minimum atomic E-state index is 0.0524. The van der Waals surface area contributed by atoms with Gasteiger partial charge in [-0.05, 0) is 25.3 Å². The summed E-state index contributed by atoms with van der Waals surface area (Å²) in [6.45, 7) is 6.55. The van der Waals surface area contributed by atoms with Crippen molar-refractivity contribution in [3.05, 3.63) is 36.3 Å². The second kappa shape index (κ2) is 4.93. The zero-order valence-electron chi connectivity index (χ0n) is 12.4. The summed E-state index contributed by atoms with van der Waals surface area (Å²) in [5.41, 5.74) is 2.21. The van der Waals surface area contributed by atoms with Gasteiger partial charge in [0.1, 0.15) is 5.52 Å². The van der Waals surface area contributed by atoms with Crippen LogP contribution in [0.2, 0.25) is 0 Å². The number of hydrogen-bond acceptors (Lipinski definition) is 3. The fourth-order valence-electron chi connectivity index (χ4n) is 2.52. The Morgan fingerprint density at radius 3 is 2.85 bits per heavy atom. The van der Waals surface area contributed by atoms with Crippen LogP contribution in [0.25, 0.3) is 5.52 Å². The Bertz CT molecular complexity index is 633. The molecule has 1 unspecified atom stereocenters. The summed E-state index contributed by atoms with van der Waals surface area (Å²) in [5.74, 6) is 0.941. The molecule has 4 heteroatoms. The highest BCUT2D eigenvalue weighted by atomic mass is 15.2. The lowest BCUT2D eigenvalue weighted by molar-refractivity contribution is 0.562. The highest BCUT2D eigenvalue weighted by molar-refractivity contribution is 5.68. The molecule has 2 aromatic rings. The molecule has 0 spiro atoms. The molecule has 3 rings (SSSR count). The van der Waals surface area contributed by atoms with Crippen molar-refractivity contribution in [2.24, 2.45) is 0 Å². The minimum Gasteiger partial charge on any atom is -0.365 e. The molecule has 1 atom stereocenters. The number of hydrogen-bond donors (Lipinski definition) is 1. The first-order valence-corrected chi connectivity index (χ1v) is 7.30. The van der Waals surface area contributed by atoms with Gasteiger partial charge in [0.2, 0.25) is 0 Å². The molecule has 0 aromatic carbocycles. The maximum Gasteiger partial charge on any atom is 0.152 e. The van der Waals surface area contributed by atoms with Crippen LogP contribution >= 0.6 is 0 Å². The van der Waals surface area contributed by atoms with E-state index in [0.717, 1.165) is 29.9 Å². The number of fused-ring (bicyclic) bond motifs is 1. The maximum atomic E-state index is 4.66. The van der Waals surface area contributed by atoms with Crippen LogP contribution in [0, 0.1) is 0 Å². The maximum absolute atomic E-state index is 4.66. The van der Waals surface area contributed by atoms with Crippen molar-refractivity contribution in [3.63, 3.8) is 0 Å². The summed E-state index contributed by atoms with van der Waals surface area (Å²) in [7, 11) is 0. The van der Waals surface area contributed by atoms with Crippen LogP contribution in [-0.2, 0) is 5.41 Å². The Labute approximate surface area is 119 Å². The first-order valence-electron chi connectivity index (χ1n) is 7.30. The van der Waals surface area contributed by atoms with Crippen molar-refractivity contribution in [3.8, 4) is 0 Å². The van der Waals surface area contributed by atoms with Crippen LogP contribution in [0.4, 0.5) is 5.82 Å². The van der Waals surface area contributed by atoms with Gasteiger partial charge in [0.05, 0.1) is 5.69 Å². The number of nitrogens with one attached hydrogen (secondary N) is 1. The van der Waals surface area contributed by atoms with E-state index in [1.807, 2.05) is 16.9 Å². The van der Waals surface area contributed by atoms with E-state index in [0.29, 0.717) is 6.04 Å². The van der Waals surface area contributed by atoms with E-state index < -0.39 is 0 Å². The third-order valence-corrected chi connectivity index (χ3v) is 3.77. The Morgan fingerprint density at radius 2 is 2.15 bits per heavy atom. The van der Waals surface area contributed by atoms with E-state index in [1.54, 1.807) is 0 Å². The number of nitrogens with zero attached hydrogens (tertiary/aromatic N) is 3.